The molecule has 7 heteroatoms. The topological polar surface area (TPSA) is 58.6 Å². The number of piperidine rings is 1. The quantitative estimate of drug-likeness (QED) is 0.818. The second-order valence-electron chi connectivity index (χ2n) is 6.64. The van der Waals surface area contributed by atoms with Crippen LogP contribution in [-0.2, 0) is 6.54 Å². The fourth-order valence-corrected chi connectivity index (χ4v) is 3.14. The molecule has 148 valence electrons. The Labute approximate surface area is 162 Å². The molecule has 0 atom stereocenters. The maximum Gasteiger partial charge on any atom is 0.387 e. The molecule has 0 aromatic heterocycles. The number of amides is 2. The molecule has 1 heterocycles. The van der Waals surface area contributed by atoms with Gasteiger partial charge in [0.25, 0.3) is 11.8 Å². The van der Waals surface area contributed by atoms with Crippen LogP contribution in [0.15, 0.2) is 48.5 Å². The number of likely N-dealkylation sites (tertiary alicyclic amines) is 1. The molecular weight excluding hydrogens is 366 g/mol. The third-order valence-corrected chi connectivity index (χ3v) is 4.62. The van der Waals surface area contributed by atoms with Gasteiger partial charge in [-0.05, 0) is 55.2 Å². The van der Waals surface area contributed by atoms with Crippen LogP contribution in [0.25, 0.3) is 0 Å². The molecule has 2 aromatic carbocycles. The van der Waals surface area contributed by atoms with E-state index in [-0.39, 0.29) is 23.8 Å². The minimum absolute atomic E-state index is 0.0335. The van der Waals surface area contributed by atoms with Crippen molar-refractivity contribution in [2.24, 2.45) is 0 Å². The molecule has 3 rings (SSSR count). The number of nitrogens with zero attached hydrogens (tertiary/aromatic N) is 1. The Kier molecular flexibility index (Phi) is 6.57. The molecule has 0 bridgehead atoms. The summed E-state index contributed by atoms with van der Waals surface area (Å²) in [6.45, 7) is -1.09. The molecule has 1 fully saturated rings. The minimum atomic E-state index is -2.94. The molecule has 2 amide bonds. The lowest BCUT2D eigenvalue weighted by molar-refractivity contribution is -0.0498. The van der Waals surface area contributed by atoms with E-state index >= 15 is 0 Å². The number of carbonyl (C=O) groups is 2. The van der Waals surface area contributed by atoms with Crippen LogP contribution in [0.5, 0.6) is 5.75 Å². The van der Waals surface area contributed by atoms with Crippen molar-refractivity contribution in [3.63, 3.8) is 0 Å². The summed E-state index contributed by atoms with van der Waals surface area (Å²) in [5, 5.41) is 2.73. The van der Waals surface area contributed by atoms with Gasteiger partial charge in [-0.2, -0.15) is 8.78 Å². The molecule has 0 aliphatic carbocycles. The van der Waals surface area contributed by atoms with Crippen LogP contribution in [0.1, 0.15) is 45.5 Å². The van der Waals surface area contributed by atoms with Gasteiger partial charge in [-0.15, -0.1) is 0 Å². The van der Waals surface area contributed by atoms with Crippen molar-refractivity contribution in [1.82, 2.24) is 10.2 Å². The van der Waals surface area contributed by atoms with Crippen molar-refractivity contribution in [3.05, 3.63) is 65.2 Å². The van der Waals surface area contributed by atoms with E-state index in [0.29, 0.717) is 5.56 Å². The number of halogens is 2. The van der Waals surface area contributed by atoms with Crippen LogP contribution < -0.4 is 10.1 Å². The molecule has 0 spiro atoms. The predicted octanol–water partition coefficient (Wildman–Crippen LogP) is 3.84. The highest BCUT2D eigenvalue weighted by atomic mass is 19.3. The molecule has 1 N–H and O–H groups in total. The molecule has 0 saturated carbocycles. The molecule has 0 unspecified atom stereocenters. The van der Waals surface area contributed by atoms with E-state index in [1.54, 1.807) is 24.3 Å². The highest BCUT2D eigenvalue weighted by molar-refractivity contribution is 5.95. The van der Waals surface area contributed by atoms with Crippen LogP contribution in [-0.4, -0.2) is 36.4 Å². The summed E-state index contributed by atoms with van der Waals surface area (Å²) in [7, 11) is 0. The van der Waals surface area contributed by atoms with Gasteiger partial charge in [0, 0.05) is 30.8 Å². The summed E-state index contributed by atoms with van der Waals surface area (Å²) in [4.78, 5) is 26.6. The molecule has 0 radical (unpaired) electrons. The zero-order valence-electron chi connectivity index (χ0n) is 15.4. The number of benzene rings is 2. The summed E-state index contributed by atoms with van der Waals surface area (Å²) < 4.78 is 28.9. The molecule has 1 saturated heterocycles. The summed E-state index contributed by atoms with van der Waals surface area (Å²) in [6, 6.07) is 12.7. The first-order chi connectivity index (χ1) is 13.5. The summed E-state index contributed by atoms with van der Waals surface area (Å²) >= 11 is 0. The van der Waals surface area contributed by atoms with Crippen molar-refractivity contribution in [1.29, 1.82) is 0 Å². The lowest BCUT2D eigenvalue weighted by atomic mass is 10.1. The molecule has 1 aliphatic heterocycles. The fourth-order valence-electron chi connectivity index (χ4n) is 3.14. The van der Waals surface area contributed by atoms with Gasteiger partial charge in [-0.25, -0.2) is 0 Å². The van der Waals surface area contributed by atoms with E-state index in [0.717, 1.165) is 31.5 Å². The Morgan fingerprint density at radius 2 is 1.71 bits per heavy atom. The van der Waals surface area contributed by atoms with Gasteiger partial charge in [-0.1, -0.05) is 18.2 Å². The summed E-state index contributed by atoms with van der Waals surface area (Å²) in [6.07, 6.45) is 3.25. The van der Waals surface area contributed by atoms with E-state index in [1.807, 2.05) is 4.90 Å². The first-order valence-electron chi connectivity index (χ1n) is 9.24. The number of hydrogen-bond acceptors (Lipinski definition) is 3. The second-order valence-corrected chi connectivity index (χ2v) is 6.64. The van der Waals surface area contributed by atoms with Crippen LogP contribution in [0, 0.1) is 0 Å². The van der Waals surface area contributed by atoms with E-state index in [4.69, 9.17) is 0 Å². The Balaban J connectivity index is 1.56. The summed E-state index contributed by atoms with van der Waals surface area (Å²) in [5.41, 5.74) is 1.70. The second kappa shape index (κ2) is 9.30. The van der Waals surface area contributed by atoms with Crippen molar-refractivity contribution < 1.29 is 23.1 Å². The first kappa shape index (κ1) is 19.8. The van der Waals surface area contributed by atoms with E-state index in [2.05, 4.69) is 10.1 Å². The van der Waals surface area contributed by atoms with Crippen molar-refractivity contribution >= 4 is 11.8 Å². The minimum Gasteiger partial charge on any atom is -0.435 e. The molecule has 28 heavy (non-hydrogen) atoms. The third-order valence-electron chi connectivity index (χ3n) is 4.62. The fraction of sp³-hybridized carbons (Fsp3) is 0.333. The summed E-state index contributed by atoms with van der Waals surface area (Å²) in [5.74, 6) is -0.428. The van der Waals surface area contributed by atoms with Gasteiger partial charge in [0.1, 0.15) is 5.75 Å². The average Bonchev–Trinajstić information content (AvgIpc) is 2.72. The van der Waals surface area contributed by atoms with Crippen LogP contribution in [0.2, 0.25) is 0 Å². The van der Waals surface area contributed by atoms with Gasteiger partial charge >= 0.3 is 6.61 Å². The molecular formula is C21H22F2N2O3. The Hall–Kier alpha value is -2.96. The SMILES string of the molecule is O=C(NCc1ccc(C(=O)N2CCCCC2)cc1)c1cccc(OC(F)F)c1. The number of rotatable bonds is 6. The Morgan fingerprint density at radius 1 is 1.00 bits per heavy atom. The lowest BCUT2D eigenvalue weighted by Crippen LogP contribution is -2.35. The van der Waals surface area contributed by atoms with Crippen molar-refractivity contribution in [3.8, 4) is 5.75 Å². The standard InChI is InChI=1S/C21H22F2N2O3/c22-21(23)28-18-6-4-5-17(13-18)19(26)24-14-15-7-9-16(10-8-15)20(27)25-11-2-1-3-12-25/h4-10,13,21H,1-3,11-12,14H2,(H,24,26). The number of ether oxygens (including phenoxy) is 1. The average molecular weight is 388 g/mol. The zero-order chi connectivity index (χ0) is 19.9. The lowest BCUT2D eigenvalue weighted by Gasteiger charge is -2.26. The van der Waals surface area contributed by atoms with Gasteiger partial charge in [-0.3, -0.25) is 9.59 Å². The Bertz CT molecular complexity index is 819. The number of alkyl halides is 2. The highest BCUT2D eigenvalue weighted by Crippen LogP contribution is 2.17. The smallest absolute Gasteiger partial charge is 0.387 e. The number of hydrogen-bond donors (Lipinski definition) is 1. The normalized spacial score (nSPS) is 14.0. The van der Waals surface area contributed by atoms with Crippen LogP contribution in [0.4, 0.5) is 8.78 Å². The van der Waals surface area contributed by atoms with E-state index < -0.39 is 12.5 Å². The first-order valence-corrected chi connectivity index (χ1v) is 9.24. The van der Waals surface area contributed by atoms with Crippen molar-refractivity contribution in [2.45, 2.75) is 32.4 Å². The largest absolute Gasteiger partial charge is 0.435 e. The van der Waals surface area contributed by atoms with Crippen LogP contribution >= 0.6 is 0 Å². The molecule has 5 nitrogen and oxygen atoms in total. The van der Waals surface area contributed by atoms with Crippen LogP contribution in [0.3, 0.4) is 0 Å². The van der Waals surface area contributed by atoms with Gasteiger partial charge in [0.05, 0.1) is 0 Å². The van der Waals surface area contributed by atoms with E-state index in [1.165, 1.54) is 30.7 Å². The third kappa shape index (κ3) is 5.28. The Morgan fingerprint density at radius 3 is 2.39 bits per heavy atom. The maximum atomic E-state index is 12.5. The van der Waals surface area contributed by atoms with Gasteiger partial charge < -0.3 is 15.0 Å². The number of carbonyl (C=O) groups excluding carboxylic acids is 2. The maximum absolute atomic E-state index is 12.5. The number of nitrogens with one attached hydrogen (secondary N) is 1. The molecule has 2 aromatic rings. The van der Waals surface area contributed by atoms with Gasteiger partial charge in [0.2, 0.25) is 0 Å². The van der Waals surface area contributed by atoms with Gasteiger partial charge in [0.15, 0.2) is 0 Å². The molecule has 1 aliphatic rings. The van der Waals surface area contributed by atoms with Crippen molar-refractivity contribution in [2.75, 3.05) is 13.1 Å². The zero-order valence-corrected chi connectivity index (χ0v) is 15.4. The predicted molar refractivity (Wildman–Crippen MR) is 100 cm³/mol. The monoisotopic (exact) mass is 388 g/mol. The highest BCUT2D eigenvalue weighted by Gasteiger charge is 2.18. The van der Waals surface area contributed by atoms with E-state index in [9.17, 15) is 18.4 Å².